The number of amides is 1. The zero-order valence-electron chi connectivity index (χ0n) is 18.3. The summed E-state index contributed by atoms with van der Waals surface area (Å²) >= 11 is 0. The smallest absolute Gasteiger partial charge is 0.259 e. The topological polar surface area (TPSA) is 97.8 Å². The van der Waals surface area contributed by atoms with Crippen molar-refractivity contribution in [3.05, 3.63) is 59.9 Å². The third kappa shape index (κ3) is 4.83. The number of fused-ring (bicyclic) bond motifs is 1. The number of carbonyl (C=O) groups excluding carboxylic acids is 1. The Labute approximate surface area is 191 Å². The van der Waals surface area contributed by atoms with Crippen molar-refractivity contribution in [2.45, 2.75) is 6.92 Å². The van der Waals surface area contributed by atoms with Gasteiger partial charge in [-0.2, -0.15) is 0 Å². The van der Waals surface area contributed by atoms with Crippen LogP contribution in [0, 0.1) is 6.92 Å². The molecule has 2 aromatic carbocycles. The van der Waals surface area contributed by atoms with Gasteiger partial charge in [-0.1, -0.05) is 6.07 Å². The zero-order chi connectivity index (χ0) is 22.6. The quantitative estimate of drug-likeness (QED) is 0.614. The number of benzene rings is 2. The first-order chi connectivity index (χ1) is 16.2. The van der Waals surface area contributed by atoms with Gasteiger partial charge in [-0.05, 0) is 43.3 Å². The van der Waals surface area contributed by atoms with Gasteiger partial charge in [0.25, 0.3) is 5.91 Å². The first-order valence-electron chi connectivity index (χ1n) is 10.9. The first-order valence-corrected chi connectivity index (χ1v) is 10.9. The summed E-state index contributed by atoms with van der Waals surface area (Å²) in [5, 5.41) is 6.23. The van der Waals surface area contributed by atoms with Gasteiger partial charge in [0.05, 0.1) is 18.8 Å². The third-order valence-corrected chi connectivity index (χ3v) is 5.39. The second kappa shape index (κ2) is 9.33. The van der Waals surface area contributed by atoms with Gasteiger partial charge in [0, 0.05) is 30.5 Å². The lowest BCUT2D eigenvalue weighted by molar-refractivity contribution is 0.101. The lowest BCUT2D eigenvalue weighted by atomic mass is 10.1. The van der Waals surface area contributed by atoms with Crippen molar-refractivity contribution < 1.29 is 19.0 Å². The Morgan fingerprint density at radius 3 is 2.52 bits per heavy atom. The molecule has 1 saturated heterocycles. The number of aromatic nitrogens is 2. The van der Waals surface area contributed by atoms with Gasteiger partial charge in [-0.25, -0.2) is 9.97 Å². The van der Waals surface area contributed by atoms with E-state index in [0.29, 0.717) is 60.8 Å². The number of para-hydroxylation sites is 1. The standard InChI is InChI=1S/C24H25N5O4/c1-16-25-21(15-22(26-16)29-9-11-31-12-10-29)27-17-5-7-18(8-6-17)28-24(30)19-3-2-4-20-23(19)33-14-13-32-20/h2-8,15H,9-14H2,1H3,(H,28,30)(H,25,26,27). The van der Waals surface area contributed by atoms with Crippen LogP contribution in [-0.2, 0) is 4.74 Å². The molecule has 2 aliphatic heterocycles. The van der Waals surface area contributed by atoms with E-state index in [1.54, 1.807) is 18.2 Å². The number of rotatable bonds is 5. The van der Waals surface area contributed by atoms with E-state index < -0.39 is 0 Å². The van der Waals surface area contributed by atoms with Crippen LogP contribution in [-0.4, -0.2) is 55.4 Å². The van der Waals surface area contributed by atoms with Crippen molar-refractivity contribution in [1.29, 1.82) is 0 Å². The Balaban J connectivity index is 1.27. The average Bonchev–Trinajstić information content (AvgIpc) is 2.85. The molecule has 9 nitrogen and oxygen atoms in total. The van der Waals surface area contributed by atoms with E-state index >= 15 is 0 Å². The Morgan fingerprint density at radius 2 is 1.70 bits per heavy atom. The van der Waals surface area contributed by atoms with E-state index in [4.69, 9.17) is 14.2 Å². The Morgan fingerprint density at radius 1 is 0.939 bits per heavy atom. The maximum atomic E-state index is 12.8. The number of hydrogen-bond donors (Lipinski definition) is 2. The number of anilines is 4. The van der Waals surface area contributed by atoms with Crippen LogP contribution in [0.3, 0.4) is 0 Å². The van der Waals surface area contributed by atoms with Crippen LogP contribution in [0.15, 0.2) is 48.5 Å². The van der Waals surface area contributed by atoms with Gasteiger partial charge in [0.1, 0.15) is 30.7 Å². The van der Waals surface area contributed by atoms with Crippen molar-refractivity contribution in [3.8, 4) is 11.5 Å². The highest BCUT2D eigenvalue weighted by Gasteiger charge is 2.20. The normalized spacial score (nSPS) is 15.1. The van der Waals surface area contributed by atoms with Gasteiger partial charge in [0.2, 0.25) is 0 Å². The van der Waals surface area contributed by atoms with E-state index in [-0.39, 0.29) is 5.91 Å². The molecule has 1 fully saturated rings. The molecule has 3 heterocycles. The number of carbonyl (C=O) groups is 1. The van der Waals surface area contributed by atoms with Crippen molar-refractivity contribution in [1.82, 2.24) is 9.97 Å². The highest BCUT2D eigenvalue weighted by atomic mass is 16.6. The maximum absolute atomic E-state index is 12.8. The third-order valence-electron chi connectivity index (χ3n) is 5.39. The van der Waals surface area contributed by atoms with E-state index in [0.717, 1.165) is 24.6 Å². The van der Waals surface area contributed by atoms with E-state index in [1.807, 2.05) is 37.3 Å². The molecule has 0 radical (unpaired) electrons. The van der Waals surface area contributed by atoms with E-state index in [1.165, 1.54) is 0 Å². The minimum Gasteiger partial charge on any atom is -0.486 e. The molecule has 0 unspecified atom stereocenters. The van der Waals surface area contributed by atoms with Gasteiger partial charge in [0.15, 0.2) is 11.5 Å². The van der Waals surface area contributed by atoms with Crippen LogP contribution in [0.2, 0.25) is 0 Å². The second-order valence-corrected chi connectivity index (χ2v) is 7.74. The minimum absolute atomic E-state index is 0.250. The fourth-order valence-corrected chi connectivity index (χ4v) is 3.81. The highest BCUT2D eigenvalue weighted by Crippen LogP contribution is 2.34. The predicted molar refractivity (Wildman–Crippen MR) is 125 cm³/mol. The molecule has 0 spiro atoms. The second-order valence-electron chi connectivity index (χ2n) is 7.74. The Bertz CT molecular complexity index is 1150. The monoisotopic (exact) mass is 447 g/mol. The SMILES string of the molecule is Cc1nc(Nc2ccc(NC(=O)c3cccc4c3OCCO4)cc2)cc(N2CCOCC2)n1. The molecule has 3 aromatic rings. The summed E-state index contributed by atoms with van der Waals surface area (Å²) in [6.45, 7) is 5.80. The molecular formula is C24H25N5O4. The van der Waals surface area contributed by atoms with Crippen LogP contribution in [0.25, 0.3) is 0 Å². The number of aryl methyl sites for hydroxylation is 1. The Hall–Kier alpha value is -3.85. The molecule has 0 bridgehead atoms. The number of morpholine rings is 1. The van der Waals surface area contributed by atoms with Crippen molar-refractivity contribution in [3.63, 3.8) is 0 Å². The fraction of sp³-hybridized carbons (Fsp3) is 0.292. The number of nitrogens with zero attached hydrogens (tertiary/aromatic N) is 3. The summed E-state index contributed by atoms with van der Waals surface area (Å²) in [5.41, 5.74) is 1.97. The van der Waals surface area contributed by atoms with Gasteiger partial charge < -0.3 is 29.7 Å². The fourth-order valence-electron chi connectivity index (χ4n) is 3.81. The molecular weight excluding hydrogens is 422 g/mol. The maximum Gasteiger partial charge on any atom is 0.259 e. The molecule has 170 valence electrons. The zero-order valence-corrected chi connectivity index (χ0v) is 18.3. The summed E-state index contributed by atoms with van der Waals surface area (Å²) in [6, 6.07) is 14.7. The average molecular weight is 447 g/mol. The Kier molecular flexibility index (Phi) is 5.95. The van der Waals surface area contributed by atoms with E-state index in [9.17, 15) is 4.79 Å². The summed E-state index contributed by atoms with van der Waals surface area (Å²) in [7, 11) is 0. The van der Waals surface area contributed by atoms with Crippen LogP contribution in [0.4, 0.5) is 23.0 Å². The van der Waals surface area contributed by atoms with Crippen LogP contribution < -0.4 is 25.0 Å². The van der Waals surface area contributed by atoms with Crippen molar-refractivity contribution in [2.75, 3.05) is 55.1 Å². The molecule has 2 aliphatic rings. The molecule has 2 N–H and O–H groups in total. The van der Waals surface area contributed by atoms with Gasteiger partial charge in [-0.15, -0.1) is 0 Å². The highest BCUT2D eigenvalue weighted by molar-refractivity contribution is 6.06. The number of hydrogen-bond acceptors (Lipinski definition) is 8. The molecule has 0 saturated carbocycles. The molecule has 5 rings (SSSR count). The van der Waals surface area contributed by atoms with Gasteiger partial charge in [-0.3, -0.25) is 4.79 Å². The number of nitrogens with one attached hydrogen (secondary N) is 2. The predicted octanol–water partition coefficient (Wildman–Crippen LogP) is 3.39. The molecule has 1 amide bonds. The molecule has 33 heavy (non-hydrogen) atoms. The van der Waals surface area contributed by atoms with Crippen molar-refractivity contribution >= 4 is 28.9 Å². The molecule has 0 atom stereocenters. The van der Waals surface area contributed by atoms with Crippen molar-refractivity contribution in [2.24, 2.45) is 0 Å². The minimum atomic E-state index is -0.250. The summed E-state index contributed by atoms with van der Waals surface area (Å²) in [4.78, 5) is 24.0. The lowest BCUT2D eigenvalue weighted by Crippen LogP contribution is -2.36. The number of ether oxygens (including phenoxy) is 3. The summed E-state index contributed by atoms with van der Waals surface area (Å²) in [5.74, 6) is 3.12. The van der Waals surface area contributed by atoms with Gasteiger partial charge >= 0.3 is 0 Å². The van der Waals surface area contributed by atoms with E-state index in [2.05, 4.69) is 25.5 Å². The summed E-state index contributed by atoms with van der Waals surface area (Å²) < 4.78 is 16.6. The largest absolute Gasteiger partial charge is 0.486 e. The summed E-state index contributed by atoms with van der Waals surface area (Å²) in [6.07, 6.45) is 0. The molecule has 9 heteroatoms. The van der Waals surface area contributed by atoms with Crippen LogP contribution in [0.5, 0.6) is 11.5 Å². The van der Waals surface area contributed by atoms with Crippen LogP contribution in [0.1, 0.15) is 16.2 Å². The first kappa shape index (κ1) is 21.0. The lowest BCUT2D eigenvalue weighted by Gasteiger charge is -2.28. The van der Waals surface area contributed by atoms with Crippen LogP contribution >= 0.6 is 0 Å². The molecule has 0 aliphatic carbocycles. The molecule has 1 aromatic heterocycles.